The van der Waals surface area contributed by atoms with Crippen LogP contribution in [0.5, 0.6) is 11.5 Å². The lowest BCUT2D eigenvalue weighted by molar-refractivity contribution is 0.447. The second-order valence-corrected chi connectivity index (χ2v) is 5.04. The Bertz CT molecular complexity index is 615. The summed E-state index contributed by atoms with van der Waals surface area (Å²) in [6.45, 7) is 6.29. The van der Waals surface area contributed by atoms with Crippen molar-refractivity contribution in [2.75, 3.05) is 0 Å². The van der Waals surface area contributed by atoms with E-state index in [9.17, 15) is 10.2 Å². The Balaban J connectivity index is 2.67. The molecule has 0 aliphatic heterocycles. The molecule has 0 heterocycles. The topological polar surface area (TPSA) is 40.5 Å². The molecule has 2 nitrogen and oxygen atoms in total. The molecule has 0 fully saturated rings. The molecule has 0 aliphatic rings. The van der Waals surface area contributed by atoms with Crippen LogP contribution in [-0.2, 0) is 19.3 Å². The summed E-state index contributed by atoms with van der Waals surface area (Å²) >= 11 is 0. The van der Waals surface area contributed by atoms with Crippen LogP contribution >= 0.6 is 0 Å². The minimum absolute atomic E-state index is 0.108. The summed E-state index contributed by atoms with van der Waals surface area (Å²) in [6, 6.07) is 9.60. The van der Waals surface area contributed by atoms with Crippen LogP contribution in [0.2, 0.25) is 0 Å². The van der Waals surface area contributed by atoms with Crippen molar-refractivity contribution < 1.29 is 10.2 Å². The van der Waals surface area contributed by atoms with Crippen molar-refractivity contribution >= 4 is 0 Å². The van der Waals surface area contributed by atoms with Gasteiger partial charge in [0.05, 0.1) is 0 Å². The fourth-order valence-corrected chi connectivity index (χ4v) is 2.68. The third kappa shape index (κ3) is 2.64. The normalized spacial score (nSPS) is 10.8. The fraction of sp³-hybridized carbons (Fsp3) is 0.333. The molecule has 0 radical (unpaired) electrons. The molecule has 2 heteroatoms. The van der Waals surface area contributed by atoms with Crippen LogP contribution in [-0.4, -0.2) is 10.2 Å². The number of hydrogen-bond acceptors (Lipinski definition) is 2. The van der Waals surface area contributed by atoms with E-state index in [1.165, 1.54) is 17.2 Å². The molecule has 0 saturated heterocycles. The SMILES string of the molecule is CCc1ccc(-c2cc(O)cc(O)c2CC)c(CC)c1. The molecule has 2 aromatic rings. The highest BCUT2D eigenvalue weighted by atomic mass is 16.3. The van der Waals surface area contributed by atoms with Crippen LogP contribution in [0.25, 0.3) is 11.1 Å². The van der Waals surface area contributed by atoms with Crippen molar-refractivity contribution in [2.24, 2.45) is 0 Å². The summed E-state index contributed by atoms with van der Waals surface area (Å²) in [5.41, 5.74) is 5.50. The first-order valence-electron chi connectivity index (χ1n) is 7.27. The summed E-state index contributed by atoms with van der Waals surface area (Å²) in [6.07, 6.45) is 2.68. The van der Waals surface area contributed by atoms with Gasteiger partial charge in [0.25, 0.3) is 0 Å². The van der Waals surface area contributed by atoms with Gasteiger partial charge in [0.15, 0.2) is 0 Å². The van der Waals surface area contributed by atoms with E-state index in [2.05, 4.69) is 32.0 Å². The molecule has 0 aromatic heterocycles. The number of benzene rings is 2. The molecule has 0 bridgehead atoms. The van der Waals surface area contributed by atoms with Crippen LogP contribution in [0.4, 0.5) is 0 Å². The Hall–Kier alpha value is -1.96. The molecule has 2 aromatic carbocycles. The van der Waals surface area contributed by atoms with E-state index in [0.29, 0.717) is 0 Å². The Labute approximate surface area is 120 Å². The number of rotatable bonds is 4. The van der Waals surface area contributed by atoms with Crippen molar-refractivity contribution in [3.63, 3.8) is 0 Å². The molecule has 0 spiro atoms. The maximum atomic E-state index is 10.0. The highest BCUT2D eigenvalue weighted by molar-refractivity contribution is 5.75. The molecule has 0 amide bonds. The summed E-state index contributed by atoms with van der Waals surface area (Å²) < 4.78 is 0. The average Bonchev–Trinajstić information content (AvgIpc) is 2.45. The van der Waals surface area contributed by atoms with Crippen molar-refractivity contribution in [1.82, 2.24) is 0 Å². The largest absolute Gasteiger partial charge is 0.508 e. The monoisotopic (exact) mass is 270 g/mol. The molecule has 2 N–H and O–H groups in total. The highest BCUT2D eigenvalue weighted by Crippen LogP contribution is 2.36. The first kappa shape index (κ1) is 14.4. The van der Waals surface area contributed by atoms with E-state index >= 15 is 0 Å². The molecule has 2 rings (SSSR count). The van der Waals surface area contributed by atoms with E-state index < -0.39 is 0 Å². The van der Waals surface area contributed by atoms with Crippen molar-refractivity contribution in [1.29, 1.82) is 0 Å². The minimum atomic E-state index is 0.108. The van der Waals surface area contributed by atoms with Crippen LogP contribution in [0.1, 0.15) is 37.5 Å². The molecule has 0 aliphatic carbocycles. The summed E-state index contributed by atoms with van der Waals surface area (Å²) in [7, 11) is 0. The summed E-state index contributed by atoms with van der Waals surface area (Å²) in [5.74, 6) is 0.278. The second-order valence-electron chi connectivity index (χ2n) is 5.04. The second kappa shape index (κ2) is 6.00. The van der Waals surface area contributed by atoms with E-state index in [1.54, 1.807) is 6.07 Å². The maximum absolute atomic E-state index is 10.0. The van der Waals surface area contributed by atoms with Crippen LogP contribution in [0, 0.1) is 0 Å². The summed E-state index contributed by atoms with van der Waals surface area (Å²) in [4.78, 5) is 0. The maximum Gasteiger partial charge on any atom is 0.123 e. The van der Waals surface area contributed by atoms with E-state index in [-0.39, 0.29) is 11.5 Å². The minimum Gasteiger partial charge on any atom is -0.508 e. The highest BCUT2D eigenvalue weighted by Gasteiger charge is 2.13. The number of phenolic OH excluding ortho intramolecular Hbond substituents is 2. The molecule has 0 unspecified atom stereocenters. The smallest absolute Gasteiger partial charge is 0.123 e. The summed E-state index contributed by atoms with van der Waals surface area (Å²) in [5, 5.41) is 19.8. The molecule has 0 saturated carbocycles. The predicted molar refractivity (Wildman–Crippen MR) is 83.3 cm³/mol. The van der Waals surface area contributed by atoms with E-state index in [1.807, 2.05) is 6.92 Å². The van der Waals surface area contributed by atoms with Gasteiger partial charge < -0.3 is 10.2 Å². The van der Waals surface area contributed by atoms with Gasteiger partial charge in [0, 0.05) is 11.6 Å². The molecular weight excluding hydrogens is 248 g/mol. The van der Waals surface area contributed by atoms with Gasteiger partial charge in [-0.15, -0.1) is 0 Å². The van der Waals surface area contributed by atoms with Gasteiger partial charge in [0.1, 0.15) is 11.5 Å². The van der Waals surface area contributed by atoms with Crippen LogP contribution < -0.4 is 0 Å². The number of aromatic hydroxyl groups is 2. The predicted octanol–water partition coefficient (Wildman–Crippen LogP) is 4.45. The lowest BCUT2D eigenvalue weighted by atomic mass is 9.91. The standard InChI is InChI=1S/C18H22O2/c1-4-12-7-8-16(13(5-2)9-12)17-10-14(19)11-18(20)15(17)6-3/h7-11,19-20H,4-6H2,1-3H3. The van der Waals surface area contributed by atoms with Gasteiger partial charge in [-0.05, 0) is 47.6 Å². The third-order valence-electron chi connectivity index (χ3n) is 3.81. The first-order chi connectivity index (χ1) is 9.60. The van der Waals surface area contributed by atoms with E-state index in [4.69, 9.17) is 0 Å². The first-order valence-corrected chi connectivity index (χ1v) is 7.27. The van der Waals surface area contributed by atoms with Crippen LogP contribution in [0.15, 0.2) is 30.3 Å². The molecule has 0 atom stereocenters. The van der Waals surface area contributed by atoms with E-state index in [0.717, 1.165) is 36.0 Å². The van der Waals surface area contributed by atoms with Gasteiger partial charge in [-0.3, -0.25) is 0 Å². The van der Waals surface area contributed by atoms with Gasteiger partial charge in [0.2, 0.25) is 0 Å². The van der Waals surface area contributed by atoms with Gasteiger partial charge >= 0.3 is 0 Å². The number of aryl methyl sites for hydroxylation is 2. The molecule has 20 heavy (non-hydrogen) atoms. The number of hydrogen-bond donors (Lipinski definition) is 2. The lowest BCUT2D eigenvalue weighted by Gasteiger charge is -2.15. The molecule has 106 valence electrons. The Morgan fingerprint density at radius 2 is 1.55 bits per heavy atom. The molecular formula is C18H22O2. The zero-order valence-electron chi connectivity index (χ0n) is 12.4. The fourth-order valence-electron chi connectivity index (χ4n) is 2.68. The zero-order chi connectivity index (χ0) is 14.7. The van der Waals surface area contributed by atoms with Crippen molar-refractivity contribution in [3.05, 3.63) is 47.0 Å². The average molecular weight is 270 g/mol. The lowest BCUT2D eigenvalue weighted by Crippen LogP contribution is -1.95. The van der Waals surface area contributed by atoms with Gasteiger partial charge in [-0.1, -0.05) is 39.0 Å². The quantitative estimate of drug-likeness (QED) is 0.861. The van der Waals surface area contributed by atoms with Gasteiger partial charge in [-0.25, -0.2) is 0 Å². The van der Waals surface area contributed by atoms with Crippen molar-refractivity contribution in [3.8, 4) is 22.6 Å². The number of phenols is 2. The van der Waals surface area contributed by atoms with Crippen molar-refractivity contribution in [2.45, 2.75) is 40.0 Å². The third-order valence-corrected chi connectivity index (χ3v) is 3.81. The Morgan fingerprint density at radius 3 is 2.15 bits per heavy atom. The Kier molecular flexibility index (Phi) is 4.33. The zero-order valence-corrected chi connectivity index (χ0v) is 12.4. The van der Waals surface area contributed by atoms with Gasteiger partial charge in [-0.2, -0.15) is 0 Å². The Morgan fingerprint density at radius 1 is 0.800 bits per heavy atom. The van der Waals surface area contributed by atoms with Crippen LogP contribution in [0.3, 0.4) is 0 Å².